The van der Waals surface area contributed by atoms with E-state index >= 15 is 0 Å². The van der Waals surface area contributed by atoms with Crippen molar-refractivity contribution in [2.45, 2.75) is 18.9 Å². The molecule has 1 atom stereocenters. The van der Waals surface area contributed by atoms with Crippen LogP contribution in [0, 0.1) is 0 Å². The summed E-state index contributed by atoms with van der Waals surface area (Å²) in [5.74, 6) is 0.634. The number of hydrogen-bond donors (Lipinski definition) is 1. The van der Waals surface area contributed by atoms with Crippen LogP contribution in [0.25, 0.3) is 0 Å². The summed E-state index contributed by atoms with van der Waals surface area (Å²) in [7, 11) is 1.73. The van der Waals surface area contributed by atoms with Crippen molar-refractivity contribution in [1.82, 2.24) is 14.9 Å². The molecule has 1 N–H and O–H groups in total. The second-order valence-electron chi connectivity index (χ2n) is 3.69. The number of nitrogens with zero attached hydrogens (tertiary/aromatic N) is 2. The fourth-order valence-electron chi connectivity index (χ4n) is 1.95. The van der Waals surface area contributed by atoms with E-state index in [1.165, 1.54) is 12.1 Å². The molecule has 1 aromatic rings. The smallest absolute Gasteiger partial charge is 0.0949 e. The highest BCUT2D eigenvalue weighted by Crippen LogP contribution is 2.21. The topological polar surface area (TPSA) is 39.1 Å². The Hall–Kier alpha value is -0.870. The van der Waals surface area contributed by atoms with Gasteiger partial charge in [0.05, 0.1) is 12.9 Å². The zero-order valence-electron chi connectivity index (χ0n) is 8.57. The molecule has 1 aliphatic rings. The number of ether oxygens (including phenoxy) is 1. The van der Waals surface area contributed by atoms with Gasteiger partial charge in [0.15, 0.2) is 0 Å². The van der Waals surface area contributed by atoms with Crippen molar-refractivity contribution >= 4 is 0 Å². The van der Waals surface area contributed by atoms with Crippen LogP contribution in [0.5, 0.6) is 0 Å². The van der Waals surface area contributed by atoms with Crippen molar-refractivity contribution in [2.75, 3.05) is 26.8 Å². The van der Waals surface area contributed by atoms with E-state index in [1.807, 2.05) is 12.5 Å². The maximum Gasteiger partial charge on any atom is 0.0949 e. The molecule has 0 aliphatic carbocycles. The summed E-state index contributed by atoms with van der Waals surface area (Å²) in [6.07, 6.45) is 5.10. The number of aromatic nitrogens is 2. The summed E-state index contributed by atoms with van der Waals surface area (Å²) in [5, 5.41) is 3.37. The third-order valence-corrected chi connectivity index (χ3v) is 2.76. The van der Waals surface area contributed by atoms with Gasteiger partial charge in [0.25, 0.3) is 0 Å². The van der Waals surface area contributed by atoms with Crippen LogP contribution < -0.4 is 5.32 Å². The molecule has 2 rings (SSSR count). The molecule has 2 heterocycles. The number of imidazole rings is 1. The second kappa shape index (κ2) is 4.57. The van der Waals surface area contributed by atoms with Gasteiger partial charge in [0.2, 0.25) is 0 Å². The van der Waals surface area contributed by atoms with Gasteiger partial charge in [-0.25, -0.2) is 4.98 Å². The van der Waals surface area contributed by atoms with E-state index < -0.39 is 0 Å². The Morgan fingerprint density at radius 1 is 1.71 bits per heavy atom. The SMILES string of the molecule is COCCn1cncc1C1CCNC1. The summed E-state index contributed by atoms with van der Waals surface area (Å²) in [5.41, 5.74) is 1.34. The quantitative estimate of drug-likeness (QED) is 0.765. The van der Waals surface area contributed by atoms with Crippen molar-refractivity contribution in [3.63, 3.8) is 0 Å². The maximum absolute atomic E-state index is 5.07. The molecular formula is C10H17N3O. The Morgan fingerprint density at radius 2 is 2.64 bits per heavy atom. The number of methoxy groups -OCH3 is 1. The van der Waals surface area contributed by atoms with E-state index in [0.717, 1.165) is 26.2 Å². The molecule has 0 aromatic carbocycles. The average Bonchev–Trinajstić information content (AvgIpc) is 2.84. The lowest BCUT2D eigenvalue weighted by Gasteiger charge is -2.11. The number of rotatable bonds is 4. The fraction of sp³-hybridized carbons (Fsp3) is 0.700. The molecule has 1 aliphatic heterocycles. The highest BCUT2D eigenvalue weighted by molar-refractivity contribution is 5.09. The molecule has 1 unspecified atom stereocenters. The van der Waals surface area contributed by atoms with Crippen LogP contribution in [0.15, 0.2) is 12.5 Å². The predicted octanol–water partition coefficient (Wildman–Crippen LogP) is 0.606. The molecule has 4 heteroatoms. The maximum atomic E-state index is 5.07. The Morgan fingerprint density at radius 3 is 3.36 bits per heavy atom. The molecule has 0 spiro atoms. The van der Waals surface area contributed by atoms with Crippen LogP contribution in [0.3, 0.4) is 0 Å². The van der Waals surface area contributed by atoms with Gasteiger partial charge in [0, 0.05) is 38.0 Å². The first-order valence-corrected chi connectivity index (χ1v) is 5.11. The van der Waals surface area contributed by atoms with Gasteiger partial charge in [-0.1, -0.05) is 0 Å². The monoisotopic (exact) mass is 195 g/mol. The molecule has 78 valence electrons. The minimum absolute atomic E-state index is 0.634. The third-order valence-electron chi connectivity index (χ3n) is 2.76. The van der Waals surface area contributed by atoms with Gasteiger partial charge in [-0.3, -0.25) is 0 Å². The summed E-state index contributed by atoms with van der Waals surface area (Å²) in [6.45, 7) is 3.87. The molecular weight excluding hydrogens is 178 g/mol. The summed E-state index contributed by atoms with van der Waals surface area (Å²) < 4.78 is 7.26. The van der Waals surface area contributed by atoms with Crippen LogP contribution in [0.1, 0.15) is 18.0 Å². The predicted molar refractivity (Wildman–Crippen MR) is 54.3 cm³/mol. The zero-order chi connectivity index (χ0) is 9.80. The van der Waals surface area contributed by atoms with E-state index in [1.54, 1.807) is 7.11 Å². The average molecular weight is 195 g/mol. The minimum Gasteiger partial charge on any atom is -0.383 e. The number of hydrogen-bond acceptors (Lipinski definition) is 3. The molecule has 0 amide bonds. The summed E-state index contributed by atoms with van der Waals surface area (Å²) >= 11 is 0. The Labute approximate surface area is 84.3 Å². The normalized spacial score (nSPS) is 21.6. The van der Waals surface area contributed by atoms with E-state index in [-0.39, 0.29) is 0 Å². The van der Waals surface area contributed by atoms with E-state index in [2.05, 4.69) is 14.9 Å². The van der Waals surface area contributed by atoms with Crippen molar-refractivity contribution in [1.29, 1.82) is 0 Å². The molecule has 1 fully saturated rings. The molecule has 14 heavy (non-hydrogen) atoms. The van der Waals surface area contributed by atoms with Crippen LogP contribution >= 0.6 is 0 Å². The van der Waals surface area contributed by atoms with Crippen LogP contribution in [0.4, 0.5) is 0 Å². The van der Waals surface area contributed by atoms with Crippen molar-refractivity contribution in [3.05, 3.63) is 18.2 Å². The van der Waals surface area contributed by atoms with Crippen LogP contribution in [-0.4, -0.2) is 36.4 Å². The van der Waals surface area contributed by atoms with Crippen molar-refractivity contribution < 1.29 is 4.74 Å². The van der Waals surface area contributed by atoms with E-state index in [0.29, 0.717) is 5.92 Å². The first-order chi connectivity index (χ1) is 6.92. The standard InChI is InChI=1S/C10H17N3O/c1-14-5-4-13-8-12-7-10(13)9-2-3-11-6-9/h7-9,11H,2-6H2,1H3. The van der Waals surface area contributed by atoms with E-state index in [9.17, 15) is 0 Å². The lowest BCUT2D eigenvalue weighted by Crippen LogP contribution is -2.13. The highest BCUT2D eigenvalue weighted by Gasteiger charge is 2.19. The van der Waals surface area contributed by atoms with Crippen LogP contribution in [-0.2, 0) is 11.3 Å². The lowest BCUT2D eigenvalue weighted by atomic mass is 10.1. The van der Waals surface area contributed by atoms with Gasteiger partial charge >= 0.3 is 0 Å². The minimum atomic E-state index is 0.634. The molecule has 0 saturated carbocycles. The molecule has 1 saturated heterocycles. The van der Waals surface area contributed by atoms with Gasteiger partial charge in [0.1, 0.15) is 0 Å². The van der Waals surface area contributed by atoms with Crippen molar-refractivity contribution in [3.8, 4) is 0 Å². The summed E-state index contributed by atoms with van der Waals surface area (Å²) in [4.78, 5) is 4.20. The fourth-order valence-corrected chi connectivity index (χ4v) is 1.95. The summed E-state index contributed by atoms with van der Waals surface area (Å²) in [6, 6.07) is 0. The molecule has 0 bridgehead atoms. The second-order valence-corrected chi connectivity index (χ2v) is 3.69. The molecule has 1 aromatic heterocycles. The zero-order valence-corrected chi connectivity index (χ0v) is 8.57. The van der Waals surface area contributed by atoms with Crippen molar-refractivity contribution in [2.24, 2.45) is 0 Å². The Balaban J connectivity index is 2.04. The Kier molecular flexibility index (Phi) is 3.16. The highest BCUT2D eigenvalue weighted by atomic mass is 16.5. The van der Waals surface area contributed by atoms with Gasteiger partial charge in [-0.05, 0) is 13.0 Å². The van der Waals surface area contributed by atoms with Gasteiger partial charge < -0.3 is 14.6 Å². The molecule has 0 radical (unpaired) electrons. The first kappa shape index (κ1) is 9.68. The Bertz CT molecular complexity index is 279. The number of nitrogens with one attached hydrogen (secondary N) is 1. The van der Waals surface area contributed by atoms with Gasteiger partial charge in [-0.15, -0.1) is 0 Å². The third kappa shape index (κ3) is 1.96. The molecule has 4 nitrogen and oxygen atoms in total. The van der Waals surface area contributed by atoms with Gasteiger partial charge in [-0.2, -0.15) is 0 Å². The largest absolute Gasteiger partial charge is 0.383 e. The van der Waals surface area contributed by atoms with Crippen LogP contribution in [0.2, 0.25) is 0 Å². The first-order valence-electron chi connectivity index (χ1n) is 5.11. The lowest BCUT2D eigenvalue weighted by molar-refractivity contribution is 0.186. The van der Waals surface area contributed by atoms with E-state index in [4.69, 9.17) is 4.74 Å².